The van der Waals surface area contributed by atoms with Crippen LogP contribution in [0.1, 0.15) is 31.9 Å². The van der Waals surface area contributed by atoms with Crippen molar-refractivity contribution in [2.75, 3.05) is 19.8 Å². The molecule has 0 N–H and O–H groups in total. The SMILES string of the molecule is CCOC(=O)C(Cc1ccccc1)C(=O)[AsH]c1ccc(CP(=O)(OCC)OCC)cc1. The van der Waals surface area contributed by atoms with Crippen molar-refractivity contribution in [3.8, 4) is 0 Å². The first kappa shape index (κ1) is 25.5. The van der Waals surface area contributed by atoms with Gasteiger partial charge in [0.15, 0.2) is 0 Å². The molecule has 168 valence electrons. The molecule has 0 fully saturated rings. The second-order valence-electron chi connectivity index (χ2n) is 6.79. The first-order valence-corrected chi connectivity index (χ1v) is 14.2. The maximum absolute atomic E-state index is 13.0. The Morgan fingerprint density at radius 2 is 1.48 bits per heavy atom. The Morgan fingerprint density at radius 3 is 2.03 bits per heavy atom. The van der Waals surface area contributed by atoms with Crippen LogP contribution in [-0.2, 0) is 40.5 Å². The van der Waals surface area contributed by atoms with Gasteiger partial charge in [-0.3, -0.25) is 0 Å². The van der Waals surface area contributed by atoms with Gasteiger partial charge in [0.2, 0.25) is 0 Å². The van der Waals surface area contributed by atoms with E-state index in [1.807, 2.05) is 54.6 Å². The molecule has 0 aliphatic heterocycles. The maximum atomic E-state index is 13.0. The van der Waals surface area contributed by atoms with Gasteiger partial charge in [-0.1, -0.05) is 0 Å². The summed E-state index contributed by atoms with van der Waals surface area (Å²) in [6, 6.07) is 16.9. The molecule has 0 aliphatic carbocycles. The summed E-state index contributed by atoms with van der Waals surface area (Å²) in [6.45, 7) is 6.16. The van der Waals surface area contributed by atoms with Gasteiger partial charge >= 0.3 is 191 Å². The van der Waals surface area contributed by atoms with Gasteiger partial charge in [-0.2, -0.15) is 0 Å². The van der Waals surface area contributed by atoms with Crippen LogP contribution in [-0.4, -0.2) is 46.1 Å². The topological polar surface area (TPSA) is 78.9 Å². The van der Waals surface area contributed by atoms with E-state index in [0.29, 0.717) is 19.6 Å². The quantitative estimate of drug-likeness (QED) is 0.179. The summed E-state index contributed by atoms with van der Waals surface area (Å²) >= 11 is -1.21. The number of carbonyl (C=O) groups excluding carboxylic acids is 2. The van der Waals surface area contributed by atoms with Gasteiger partial charge in [-0.05, 0) is 0 Å². The number of hydrogen-bond donors (Lipinski definition) is 0. The van der Waals surface area contributed by atoms with Crippen LogP contribution in [0.3, 0.4) is 0 Å². The van der Waals surface area contributed by atoms with Gasteiger partial charge in [0.25, 0.3) is 0 Å². The number of esters is 1. The summed E-state index contributed by atoms with van der Waals surface area (Å²) in [5, 5.41) is 0. The summed E-state index contributed by atoms with van der Waals surface area (Å²) in [7, 11) is -3.18. The zero-order valence-corrected chi connectivity index (χ0v) is 21.2. The average Bonchev–Trinajstić information content (AvgIpc) is 2.74. The summed E-state index contributed by atoms with van der Waals surface area (Å²) in [4.78, 5) is 25.4. The molecule has 2 aromatic rings. The van der Waals surface area contributed by atoms with Gasteiger partial charge in [0.05, 0.1) is 0 Å². The van der Waals surface area contributed by atoms with Crippen LogP contribution in [0, 0.1) is 5.92 Å². The van der Waals surface area contributed by atoms with E-state index in [1.54, 1.807) is 20.8 Å². The van der Waals surface area contributed by atoms with Crippen LogP contribution in [0.4, 0.5) is 0 Å². The number of ether oxygens (including phenoxy) is 1. The van der Waals surface area contributed by atoms with E-state index in [4.69, 9.17) is 13.8 Å². The Bertz CT molecular complexity index is 875. The Hall–Kier alpha value is -1.71. The third-order valence-electron chi connectivity index (χ3n) is 4.42. The van der Waals surface area contributed by atoms with E-state index < -0.39 is 35.2 Å². The monoisotopic (exact) mass is 508 g/mol. The van der Waals surface area contributed by atoms with Crippen molar-refractivity contribution in [2.45, 2.75) is 33.4 Å². The fraction of sp³-hybridized carbons (Fsp3) is 0.391. The molecule has 0 spiro atoms. The second kappa shape index (κ2) is 13.0. The third-order valence-corrected chi connectivity index (χ3v) is 9.03. The van der Waals surface area contributed by atoms with E-state index in [-0.39, 0.29) is 17.3 Å². The van der Waals surface area contributed by atoms with Gasteiger partial charge in [-0.25, -0.2) is 0 Å². The van der Waals surface area contributed by atoms with Crippen molar-refractivity contribution >= 4 is 38.2 Å². The van der Waals surface area contributed by atoms with Crippen LogP contribution in [0.15, 0.2) is 54.6 Å². The van der Waals surface area contributed by atoms with Gasteiger partial charge in [-0.15, -0.1) is 0 Å². The first-order valence-electron chi connectivity index (χ1n) is 10.4. The zero-order valence-electron chi connectivity index (χ0n) is 18.2. The van der Waals surface area contributed by atoms with Gasteiger partial charge < -0.3 is 0 Å². The molecule has 0 radical (unpaired) electrons. The molecular formula is C23H30AsO6P. The van der Waals surface area contributed by atoms with E-state index >= 15 is 0 Å². The first-order chi connectivity index (χ1) is 14.9. The predicted molar refractivity (Wildman–Crippen MR) is 123 cm³/mol. The third kappa shape index (κ3) is 8.38. The Morgan fingerprint density at radius 1 is 0.871 bits per heavy atom. The normalized spacial score (nSPS) is 12.7. The fourth-order valence-corrected chi connectivity index (χ4v) is 6.87. The summed E-state index contributed by atoms with van der Waals surface area (Å²) in [5.74, 6) is -1.26. The molecular weight excluding hydrogens is 478 g/mol. The number of rotatable bonds is 13. The van der Waals surface area contributed by atoms with Crippen molar-refractivity contribution in [3.63, 3.8) is 0 Å². The van der Waals surface area contributed by atoms with Gasteiger partial charge in [0, 0.05) is 0 Å². The molecule has 0 amide bonds. The van der Waals surface area contributed by atoms with E-state index in [9.17, 15) is 14.2 Å². The molecule has 31 heavy (non-hydrogen) atoms. The zero-order chi connectivity index (χ0) is 22.7. The summed E-state index contributed by atoms with van der Waals surface area (Å²) in [5.41, 5.74) is 1.75. The van der Waals surface area contributed by atoms with Crippen molar-refractivity contribution in [1.82, 2.24) is 0 Å². The van der Waals surface area contributed by atoms with Gasteiger partial charge in [0.1, 0.15) is 0 Å². The number of hydrogen-bond acceptors (Lipinski definition) is 6. The molecule has 2 unspecified atom stereocenters. The number of carbonyl (C=O) groups is 2. The standard InChI is InChI=1S/C23H30AsO6P/c1-4-28-23(26)21(16-18-10-8-7-9-11-18)22(25)24-20-14-12-19(13-15-20)17-31(27,29-5-2)30-6-3/h7-15,21,24H,4-6,16-17H2,1-3H3. The van der Waals surface area contributed by atoms with Crippen LogP contribution >= 0.6 is 7.60 Å². The molecule has 0 heterocycles. The fourth-order valence-electron chi connectivity index (χ4n) is 3.04. The predicted octanol–water partition coefficient (Wildman–Crippen LogP) is 3.46. The van der Waals surface area contributed by atoms with Crippen LogP contribution < -0.4 is 4.35 Å². The van der Waals surface area contributed by atoms with E-state index in [0.717, 1.165) is 15.5 Å². The molecule has 2 aromatic carbocycles. The Balaban J connectivity index is 2.09. The molecule has 0 aromatic heterocycles. The minimum atomic E-state index is -3.18. The van der Waals surface area contributed by atoms with Crippen molar-refractivity contribution in [1.29, 1.82) is 0 Å². The van der Waals surface area contributed by atoms with Crippen molar-refractivity contribution in [3.05, 3.63) is 65.7 Å². The van der Waals surface area contributed by atoms with Crippen LogP contribution in [0.5, 0.6) is 0 Å². The second-order valence-corrected chi connectivity index (χ2v) is 11.6. The molecule has 6 nitrogen and oxygen atoms in total. The van der Waals surface area contributed by atoms with Crippen LogP contribution in [0.2, 0.25) is 0 Å². The summed E-state index contributed by atoms with van der Waals surface area (Å²) < 4.78 is 29.4. The average molecular weight is 508 g/mol. The Kier molecular flexibility index (Phi) is 10.7. The molecule has 2 atom stereocenters. The van der Waals surface area contributed by atoms with E-state index in [2.05, 4.69) is 0 Å². The minimum absolute atomic E-state index is 0.0654. The molecule has 0 aliphatic rings. The Labute approximate surface area is 190 Å². The summed E-state index contributed by atoms with van der Waals surface area (Å²) in [6.07, 6.45) is 0.522. The van der Waals surface area contributed by atoms with Crippen molar-refractivity contribution < 1.29 is 27.9 Å². The van der Waals surface area contributed by atoms with Crippen molar-refractivity contribution in [2.24, 2.45) is 5.92 Å². The molecule has 0 bridgehead atoms. The molecule has 0 saturated heterocycles. The van der Waals surface area contributed by atoms with E-state index in [1.165, 1.54) is 0 Å². The van der Waals surface area contributed by atoms with Crippen LogP contribution in [0.25, 0.3) is 0 Å². The number of benzene rings is 2. The molecule has 2 rings (SSSR count). The molecule has 8 heteroatoms. The molecule has 0 saturated carbocycles.